The van der Waals surface area contributed by atoms with Gasteiger partial charge in [0.05, 0.1) is 27.6 Å². The van der Waals surface area contributed by atoms with E-state index in [0.29, 0.717) is 0 Å². The molecule has 4 heterocycles. The van der Waals surface area contributed by atoms with E-state index in [1.54, 1.807) is 0 Å². The summed E-state index contributed by atoms with van der Waals surface area (Å²) in [4.78, 5) is 1.29. The fraction of sp³-hybridized carbons (Fsp3) is 0. The third-order valence-electron chi connectivity index (χ3n) is 12.5. The molecule has 60 heavy (non-hydrogen) atoms. The maximum atomic E-state index is 2.45. The molecule has 0 amide bonds. The average Bonchev–Trinajstić information content (AvgIpc) is 4.05. The summed E-state index contributed by atoms with van der Waals surface area (Å²) in [6.07, 6.45) is 0. The molecule has 0 saturated carbocycles. The van der Waals surface area contributed by atoms with Crippen molar-refractivity contribution in [3.8, 4) is 39.3 Å². The van der Waals surface area contributed by atoms with E-state index < -0.39 is 0 Å². The lowest BCUT2D eigenvalue weighted by molar-refractivity contribution is 1.18. The van der Waals surface area contributed by atoms with Crippen molar-refractivity contribution < 1.29 is 0 Å². The minimum atomic E-state index is 1.15. The van der Waals surface area contributed by atoms with Crippen molar-refractivity contribution in [2.24, 2.45) is 0 Å². The van der Waals surface area contributed by atoms with Gasteiger partial charge in [-0.25, -0.2) is 0 Å². The summed E-state index contributed by atoms with van der Waals surface area (Å²) < 4.78 is 8.56. The summed E-state index contributed by atoms with van der Waals surface area (Å²) in [6, 6.07) is 77.8. The minimum Gasteiger partial charge on any atom is -0.309 e. The van der Waals surface area contributed by atoms with Crippen LogP contribution < -0.4 is 0 Å². The molecule has 0 aliphatic heterocycles. The predicted molar refractivity (Wildman–Crippen MR) is 256 cm³/mol. The van der Waals surface area contributed by atoms with E-state index in [9.17, 15) is 0 Å². The van der Waals surface area contributed by atoms with Crippen molar-refractivity contribution in [3.05, 3.63) is 212 Å². The molecule has 4 heteroatoms. The van der Waals surface area contributed by atoms with Crippen LogP contribution in [0.2, 0.25) is 0 Å². The maximum Gasteiger partial charge on any atom is 0.109 e. The summed E-state index contributed by atoms with van der Waals surface area (Å²) in [5, 5.41) is 8.96. The molecule has 0 fully saturated rings. The first-order chi connectivity index (χ1) is 29.8. The quantitative estimate of drug-likeness (QED) is 0.165. The Labute approximate surface area is 349 Å². The van der Waals surface area contributed by atoms with E-state index in [1.165, 1.54) is 108 Å². The summed E-state index contributed by atoms with van der Waals surface area (Å²) >= 11 is 1.87. The molecular formula is C56H35N3S. The van der Waals surface area contributed by atoms with Crippen LogP contribution in [0.1, 0.15) is 0 Å². The van der Waals surface area contributed by atoms with Gasteiger partial charge < -0.3 is 13.7 Å². The molecule has 0 aliphatic carbocycles. The molecule has 0 bridgehead atoms. The van der Waals surface area contributed by atoms with Crippen molar-refractivity contribution in [3.63, 3.8) is 0 Å². The topological polar surface area (TPSA) is 14.8 Å². The predicted octanol–water partition coefficient (Wildman–Crippen LogP) is 15.5. The van der Waals surface area contributed by atoms with Gasteiger partial charge >= 0.3 is 0 Å². The second kappa shape index (κ2) is 12.9. The van der Waals surface area contributed by atoms with Gasteiger partial charge in [0.15, 0.2) is 0 Å². The fourth-order valence-electron chi connectivity index (χ4n) is 9.74. The number of hydrogen-bond acceptors (Lipinski definition) is 1. The molecule has 0 N–H and O–H groups in total. The van der Waals surface area contributed by atoms with E-state index in [0.717, 1.165) is 5.69 Å². The first kappa shape index (κ1) is 33.3. The van der Waals surface area contributed by atoms with Gasteiger partial charge in [-0.05, 0) is 107 Å². The molecule has 3 nitrogen and oxygen atoms in total. The fourth-order valence-corrected chi connectivity index (χ4v) is 11.0. The average molecular weight is 782 g/mol. The monoisotopic (exact) mass is 781 g/mol. The molecular weight excluding hydrogens is 747 g/mol. The zero-order valence-corrected chi connectivity index (χ0v) is 33.3. The molecule has 13 aromatic rings. The smallest absolute Gasteiger partial charge is 0.109 e. The normalized spacial score (nSPS) is 12.0. The van der Waals surface area contributed by atoms with Crippen LogP contribution in [0.3, 0.4) is 0 Å². The molecule has 0 radical (unpaired) electrons. The first-order valence-corrected chi connectivity index (χ1v) is 21.3. The lowest BCUT2D eigenvalue weighted by atomic mass is 10.0. The lowest BCUT2D eigenvalue weighted by Crippen LogP contribution is -1.94. The highest BCUT2D eigenvalue weighted by atomic mass is 32.1. The summed E-state index contributed by atoms with van der Waals surface area (Å²) in [7, 11) is 0. The number of benzene rings is 9. The Kier molecular flexibility index (Phi) is 7.18. The van der Waals surface area contributed by atoms with Gasteiger partial charge in [-0.2, -0.15) is 0 Å². The Morgan fingerprint density at radius 2 is 0.717 bits per heavy atom. The van der Waals surface area contributed by atoms with Gasteiger partial charge in [-0.15, -0.1) is 11.3 Å². The standard InChI is InChI=1S/C56H35N3S/c1-3-13-40(14-4-1)57-49-20-10-7-17-43(49)47-33-37(26-31-51(47)57)38-27-32-52-48(34-38)44-18-8-11-21-50(44)58(52)42-28-23-36(24-29-42)39-25-30-45-53(35-39)59(41-15-5-2-6-16-41)56-55(45)46-19-9-12-22-54(46)60-56/h1-35H. The van der Waals surface area contributed by atoms with Crippen molar-refractivity contribution in [1.29, 1.82) is 0 Å². The van der Waals surface area contributed by atoms with Crippen molar-refractivity contribution >= 4 is 86.2 Å². The molecule has 0 aliphatic rings. The Morgan fingerprint density at radius 1 is 0.267 bits per heavy atom. The summed E-state index contributed by atoms with van der Waals surface area (Å²) in [6.45, 7) is 0. The van der Waals surface area contributed by atoms with E-state index >= 15 is 0 Å². The number of thiophene rings is 1. The number of para-hydroxylation sites is 4. The van der Waals surface area contributed by atoms with Crippen LogP contribution in [-0.2, 0) is 0 Å². The van der Waals surface area contributed by atoms with Crippen molar-refractivity contribution in [2.75, 3.05) is 0 Å². The van der Waals surface area contributed by atoms with Crippen LogP contribution in [0.5, 0.6) is 0 Å². The molecule has 4 aromatic heterocycles. The number of fused-ring (bicyclic) bond motifs is 11. The zero-order chi connectivity index (χ0) is 39.3. The molecule has 0 unspecified atom stereocenters. The number of hydrogen-bond donors (Lipinski definition) is 0. The van der Waals surface area contributed by atoms with E-state index in [2.05, 4.69) is 226 Å². The highest BCUT2D eigenvalue weighted by Crippen LogP contribution is 2.44. The van der Waals surface area contributed by atoms with Gasteiger partial charge in [0.2, 0.25) is 0 Å². The Hall–Kier alpha value is -7.66. The number of aromatic nitrogens is 3. The number of rotatable bonds is 5. The zero-order valence-electron chi connectivity index (χ0n) is 32.5. The molecule has 0 saturated heterocycles. The van der Waals surface area contributed by atoms with Crippen LogP contribution >= 0.6 is 11.3 Å². The van der Waals surface area contributed by atoms with Crippen LogP contribution in [0.4, 0.5) is 0 Å². The molecule has 0 atom stereocenters. The molecule has 280 valence electrons. The van der Waals surface area contributed by atoms with Crippen molar-refractivity contribution in [1.82, 2.24) is 13.7 Å². The van der Waals surface area contributed by atoms with Crippen LogP contribution in [0, 0.1) is 0 Å². The lowest BCUT2D eigenvalue weighted by Gasteiger charge is -2.11. The first-order valence-electron chi connectivity index (χ1n) is 20.5. The molecule has 0 spiro atoms. The van der Waals surface area contributed by atoms with Crippen LogP contribution in [0.15, 0.2) is 212 Å². The van der Waals surface area contributed by atoms with Gasteiger partial charge in [-0.1, -0.05) is 127 Å². The van der Waals surface area contributed by atoms with E-state index in [-0.39, 0.29) is 0 Å². The highest BCUT2D eigenvalue weighted by Gasteiger charge is 2.19. The molecule has 13 rings (SSSR count). The largest absolute Gasteiger partial charge is 0.309 e. The number of nitrogens with zero attached hydrogens (tertiary/aromatic N) is 3. The summed E-state index contributed by atoms with van der Waals surface area (Å²) in [5.41, 5.74) is 14.4. The van der Waals surface area contributed by atoms with Crippen LogP contribution in [-0.4, -0.2) is 13.7 Å². The SMILES string of the molecule is c1ccc(-n2c3ccccc3c3cc(-c4ccc5c(c4)c4ccccc4n5-c4ccc(-c5ccc6c7c8ccccc8sc7n(-c7ccccc7)c6c5)cc4)ccc32)cc1. The van der Waals surface area contributed by atoms with Gasteiger partial charge in [-0.3, -0.25) is 0 Å². The Bertz CT molecular complexity index is 3810. The Balaban J connectivity index is 0.913. The van der Waals surface area contributed by atoms with Gasteiger partial charge in [0.1, 0.15) is 4.83 Å². The molecule has 9 aromatic carbocycles. The maximum absolute atomic E-state index is 2.45. The minimum absolute atomic E-state index is 1.15. The van der Waals surface area contributed by atoms with Gasteiger partial charge in [0.25, 0.3) is 0 Å². The van der Waals surface area contributed by atoms with E-state index in [4.69, 9.17) is 0 Å². The Morgan fingerprint density at radius 3 is 1.33 bits per heavy atom. The third kappa shape index (κ3) is 4.89. The summed E-state index contributed by atoms with van der Waals surface area (Å²) in [5.74, 6) is 0. The van der Waals surface area contributed by atoms with E-state index in [1.807, 2.05) is 11.3 Å². The highest BCUT2D eigenvalue weighted by molar-refractivity contribution is 7.25. The van der Waals surface area contributed by atoms with Crippen LogP contribution in [0.25, 0.3) is 114 Å². The van der Waals surface area contributed by atoms with Crippen molar-refractivity contribution in [2.45, 2.75) is 0 Å². The third-order valence-corrected chi connectivity index (χ3v) is 13.6. The van der Waals surface area contributed by atoms with Gasteiger partial charge in [0, 0.05) is 59.5 Å². The second-order valence-electron chi connectivity index (χ2n) is 15.7. The second-order valence-corrected chi connectivity index (χ2v) is 16.8.